The number of benzene rings is 1. The molecule has 0 unspecified atom stereocenters. The Morgan fingerprint density at radius 1 is 1.16 bits per heavy atom. The molecule has 1 aromatic carbocycles. The molecule has 3 rings (SSSR count). The number of amides is 1. The van der Waals surface area contributed by atoms with E-state index in [0.717, 1.165) is 37.0 Å². The van der Waals surface area contributed by atoms with E-state index in [1.807, 2.05) is 47.4 Å². The molecule has 5 nitrogen and oxygen atoms in total. The van der Waals surface area contributed by atoms with Crippen LogP contribution in [0.5, 0.6) is 0 Å². The maximum atomic E-state index is 12.6. The lowest BCUT2D eigenvalue weighted by molar-refractivity contribution is -0.123. The molecule has 1 aliphatic carbocycles. The first-order valence-corrected chi connectivity index (χ1v) is 8.70. The van der Waals surface area contributed by atoms with E-state index in [-0.39, 0.29) is 12.5 Å². The largest absolute Gasteiger partial charge is 0.468 e. The van der Waals surface area contributed by atoms with Gasteiger partial charge in [0, 0.05) is 6.54 Å². The average molecular weight is 337 g/mol. The van der Waals surface area contributed by atoms with Crippen LogP contribution in [0.2, 0.25) is 0 Å². The molecule has 0 bridgehead atoms. The number of hydrogen-bond acceptors (Lipinski definition) is 4. The zero-order valence-corrected chi connectivity index (χ0v) is 14.3. The van der Waals surface area contributed by atoms with Gasteiger partial charge in [-0.2, -0.15) is 5.26 Å². The lowest BCUT2D eigenvalue weighted by Gasteiger charge is -2.26. The number of hydrogen-bond donors (Lipinski definition) is 1. The van der Waals surface area contributed by atoms with Crippen LogP contribution in [0, 0.1) is 11.3 Å². The van der Waals surface area contributed by atoms with Gasteiger partial charge in [-0.15, -0.1) is 0 Å². The van der Waals surface area contributed by atoms with Crippen molar-refractivity contribution < 1.29 is 9.21 Å². The Balaban J connectivity index is 1.66. The van der Waals surface area contributed by atoms with E-state index in [2.05, 4.69) is 11.4 Å². The molecule has 0 spiro atoms. The summed E-state index contributed by atoms with van der Waals surface area (Å²) >= 11 is 0. The van der Waals surface area contributed by atoms with Crippen LogP contribution >= 0.6 is 0 Å². The topological polar surface area (TPSA) is 69.3 Å². The normalized spacial score (nSPS) is 15.8. The van der Waals surface area contributed by atoms with Crippen LogP contribution < -0.4 is 5.32 Å². The molecule has 1 saturated carbocycles. The van der Waals surface area contributed by atoms with Crippen molar-refractivity contribution in [3.05, 3.63) is 60.1 Å². The van der Waals surface area contributed by atoms with Gasteiger partial charge >= 0.3 is 0 Å². The Labute approximate surface area is 148 Å². The number of furan rings is 1. The summed E-state index contributed by atoms with van der Waals surface area (Å²) in [5, 5.41) is 12.4. The summed E-state index contributed by atoms with van der Waals surface area (Å²) in [6.45, 7) is 1.43. The highest BCUT2D eigenvalue weighted by Crippen LogP contribution is 2.28. The van der Waals surface area contributed by atoms with Crippen LogP contribution in [0.3, 0.4) is 0 Å². The molecule has 0 saturated heterocycles. The van der Waals surface area contributed by atoms with Gasteiger partial charge in [0.2, 0.25) is 5.91 Å². The predicted octanol–water partition coefficient (Wildman–Crippen LogP) is 3.23. The highest BCUT2D eigenvalue weighted by Gasteiger charge is 2.35. The van der Waals surface area contributed by atoms with Crippen molar-refractivity contribution in [3.8, 4) is 6.07 Å². The minimum atomic E-state index is -0.680. The van der Waals surface area contributed by atoms with Crippen molar-refractivity contribution in [2.45, 2.75) is 44.3 Å². The Kier molecular flexibility index (Phi) is 5.52. The Morgan fingerprint density at radius 3 is 2.56 bits per heavy atom. The van der Waals surface area contributed by atoms with E-state index in [0.29, 0.717) is 13.1 Å². The van der Waals surface area contributed by atoms with Gasteiger partial charge in [0.15, 0.2) is 0 Å². The molecule has 1 fully saturated rings. The molecular weight excluding hydrogens is 314 g/mol. The van der Waals surface area contributed by atoms with E-state index in [1.54, 1.807) is 6.26 Å². The van der Waals surface area contributed by atoms with Gasteiger partial charge in [0.1, 0.15) is 11.3 Å². The first kappa shape index (κ1) is 17.2. The van der Waals surface area contributed by atoms with E-state index in [4.69, 9.17) is 4.42 Å². The van der Waals surface area contributed by atoms with Gasteiger partial charge in [-0.05, 0) is 43.4 Å². The second-order valence-electron chi connectivity index (χ2n) is 6.66. The Morgan fingerprint density at radius 2 is 1.92 bits per heavy atom. The van der Waals surface area contributed by atoms with Crippen molar-refractivity contribution >= 4 is 5.91 Å². The summed E-state index contributed by atoms with van der Waals surface area (Å²) in [5.74, 6) is 0.713. The van der Waals surface area contributed by atoms with Crippen LogP contribution in [0.25, 0.3) is 0 Å². The molecule has 0 aliphatic heterocycles. The summed E-state index contributed by atoms with van der Waals surface area (Å²) in [7, 11) is 0. The maximum Gasteiger partial charge on any atom is 0.235 e. The molecule has 1 N–H and O–H groups in total. The first-order chi connectivity index (χ1) is 12.2. The van der Waals surface area contributed by atoms with E-state index in [9.17, 15) is 10.1 Å². The second-order valence-corrected chi connectivity index (χ2v) is 6.66. The zero-order valence-electron chi connectivity index (χ0n) is 14.3. The zero-order chi connectivity index (χ0) is 17.5. The van der Waals surface area contributed by atoms with Crippen molar-refractivity contribution in [1.82, 2.24) is 10.2 Å². The predicted molar refractivity (Wildman–Crippen MR) is 94.2 cm³/mol. The molecule has 1 amide bonds. The van der Waals surface area contributed by atoms with Crippen LogP contribution in [0.1, 0.15) is 37.0 Å². The van der Waals surface area contributed by atoms with E-state index < -0.39 is 5.54 Å². The highest BCUT2D eigenvalue weighted by molar-refractivity contribution is 5.79. The molecular formula is C20H23N3O2. The molecule has 0 radical (unpaired) electrons. The number of nitrogens with zero attached hydrogens (tertiary/aromatic N) is 2. The summed E-state index contributed by atoms with van der Waals surface area (Å²) in [6, 6.07) is 16.1. The van der Waals surface area contributed by atoms with Gasteiger partial charge < -0.3 is 9.73 Å². The van der Waals surface area contributed by atoms with Crippen LogP contribution in [-0.4, -0.2) is 22.9 Å². The number of nitriles is 1. The quantitative estimate of drug-likeness (QED) is 0.842. The summed E-state index contributed by atoms with van der Waals surface area (Å²) in [6.07, 6.45) is 5.11. The monoisotopic (exact) mass is 337 g/mol. The molecule has 130 valence electrons. The number of nitrogens with one attached hydrogen (secondary N) is 1. The Hall–Kier alpha value is -2.58. The minimum absolute atomic E-state index is 0.106. The standard InChI is InChI=1S/C20H23N3O2/c21-16-20(10-4-5-11-20)22-19(24)15-23(14-18-9-6-12-25-18)13-17-7-2-1-3-8-17/h1-3,6-9,12H,4-5,10-11,13-15H2,(H,22,24). The summed E-state index contributed by atoms with van der Waals surface area (Å²) in [4.78, 5) is 14.6. The minimum Gasteiger partial charge on any atom is -0.468 e. The van der Waals surface area contributed by atoms with Gasteiger partial charge in [-0.3, -0.25) is 9.69 Å². The molecule has 1 aliphatic rings. The molecule has 2 aromatic rings. The van der Waals surface area contributed by atoms with Crippen molar-refractivity contribution in [1.29, 1.82) is 5.26 Å². The van der Waals surface area contributed by atoms with Gasteiger partial charge in [0.25, 0.3) is 0 Å². The van der Waals surface area contributed by atoms with Crippen molar-refractivity contribution in [2.24, 2.45) is 0 Å². The second kappa shape index (κ2) is 8.00. The fourth-order valence-corrected chi connectivity index (χ4v) is 3.39. The van der Waals surface area contributed by atoms with Gasteiger partial charge in [0.05, 0.1) is 25.4 Å². The van der Waals surface area contributed by atoms with E-state index in [1.165, 1.54) is 0 Å². The third kappa shape index (κ3) is 4.71. The van der Waals surface area contributed by atoms with Crippen LogP contribution in [-0.2, 0) is 17.9 Å². The average Bonchev–Trinajstić information content (AvgIpc) is 3.28. The maximum absolute atomic E-state index is 12.6. The van der Waals surface area contributed by atoms with Crippen molar-refractivity contribution in [2.75, 3.05) is 6.54 Å². The molecule has 1 heterocycles. The fourth-order valence-electron chi connectivity index (χ4n) is 3.39. The van der Waals surface area contributed by atoms with Gasteiger partial charge in [-0.25, -0.2) is 0 Å². The van der Waals surface area contributed by atoms with Crippen LogP contribution in [0.4, 0.5) is 0 Å². The fraction of sp³-hybridized carbons (Fsp3) is 0.400. The smallest absolute Gasteiger partial charge is 0.235 e. The molecule has 5 heteroatoms. The third-order valence-electron chi connectivity index (χ3n) is 4.63. The highest BCUT2D eigenvalue weighted by atomic mass is 16.3. The SMILES string of the molecule is N#CC1(NC(=O)CN(Cc2ccccc2)Cc2ccco2)CCCC1. The molecule has 1 aromatic heterocycles. The number of carbonyl (C=O) groups excluding carboxylic acids is 1. The van der Waals surface area contributed by atoms with Gasteiger partial charge in [-0.1, -0.05) is 30.3 Å². The molecule has 25 heavy (non-hydrogen) atoms. The Bertz CT molecular complexity index is 713. The van der Waals surface area contributed by atoms with Crippen molar-refractivity contribution in [3.63, 3.8) is 0 Å². The first-order valence-electron chi connectivity index (χ1n) is 8.70. The van der Waals surface area contributed by atoms with E-state index >= 15 is 0 Å². The van der Waals surface area contributed by atoms with Crippen LogP contribution in [0.15, 0.2) is 53.1 Å². The number of rotatable bonds is 7. The lowest BCUT2D eigenvalue weighted by atomic mass is 10.00. The lowest BCUT2D eigenvalue weighted by Crippen LogP contribution is -2.48. The molecule has 0 atom stereocenters. The summed E-state index contributed by atoms with van der Waals surface area (Å²) in [5.41, 5.74) is 0.456. The third-order valence-corrected chi connectivity index (χ3v) is 4.63. The number of carbonyl (C=O) groups is 1. The summed E-state index contributed by atoms with van der Waals surface area (Å²) < 4.78 is 5.43.